The topological polar surface area (TPSA) is 49.8 Å². The van der Waals surface area contributed by atoms with Crippen LogP contribution in [0.1, 0.15) is 26.7 Å². The monoisotopic (exact) mass is 194 g/mol. The molecule has 4 heteroatoms. The molecule has 14 heavy (non-hydrogen) atoms. The average Bonchev–Trinajstić information content (AvgIpc) is 2.18. The smallest absolute Gasteiger partial charge is 0.131 e. The fourth-order valence-corrected chi connectivity index (χ4v) is 1.33. The summed E-state index contributed by atoms with van der Waals surface area (Å²) in [5, 5.41) is 6.31. The normalized spacial score (nSPS) is 12.2. The highest BCUT2D eigenvalue weighted by atomic mass is 15.1. The Bertz CT molecular complexity index is 275. The van der Waals surface area contributed by atoms with Gasteiger partial charge >= 0.3 is 0 Å². The number of rotatable bonds is 5. The van der Waals surface area contributed by atoms with Gasteiger partial charge in [0.2, 0.25) is 0 Å². The van der Waals surface area contributed by atoms with Crippen LogP contribution in [0.4, 0.5) is 11.6 Å². The van der Waals surface area contributed by atoms with E-state index in [9.17, 15) is 0 Å². The molecule has 0 spiro atoms. The number of hydrogen-bond acceptors (Lipinski definition) is 4. The maximum absolute atomic E-state index is 4.15. The second kappa shape index (κ2) is 5.42. The van der Waals surface area contributed by atoms with Crippen LogP contribution in [-0.2, 0) is 0 Å². The fourth-order valence-electron chi connectivity index (χ4n) is 1.33. The molecule has 0 bridgehead atoms. The lowest BCUT2D eigenvalue weighted by molar-refractivity contribution is 0.687. The Kier molecular flexibility index (Phi) is 4.16. The summed E-state index contributed by atoms with van der Waals surface area (Å²) >= 11 is 0. The Balaban J connectivity index is 2.57. The molecule has 0 aliphatic heterocycles. The van der Waals surface area contributed by atoms with Gasteiger partial charge in [0.25, 0.3) is 0 Å². The van der Waals surface area contributed by atoms with Crippen molar-refractivity contribution in [2.24, 2.45) is 0 Å². The molecule has 1 rings (SSSR count). The largest absolute Gasteiger partial charge is 0.373 e. The quantitative estimate of drug-likeness (QED) is 0.753. The van der Waals surface area contributed by atoms with Crippen molar-refractivity contribution in [2.45, 2.75) is 32.7 Å². The predicted octanol–water partition coefficient (Wildman–Crippen LogP) is 2.12. The van der Waals surface area contributed by atoms with Crippen LogP contribution in [0, 0.1) is 0 Å². The Labute approximate surface area is 85.2 Å². The van der Waals surface area contributed by atoms with Crippen molar-refractivity contribution in [1.29, 1.82) is 0 Å². The minimum Gasteiger partial charge on any atom is -0.373 e. The van der Waals surface area contributed by atoms with Crippen molar-refractivity contribution in [2.75, 3.05) is 17.7 Å². The van der Waals surface area contributed by atoms with Gasteiger partial charge in [0.05, 0.1) is 0 Å². The van der Waals surface area contributed by atoms with Gasteiger partial charge in [-0.15, -0.1) is 0 Å². The van der Waals surface area contributed by atoms with Crippen LogP contribution in [0.25, 0.3) is 0 Å². The number of nitrogens with zero attached hydrogens (tertiary/aromatic N) is 2. The van der Waals surface area contributed by atoms with Gasteiger partial charge < -0.3 is 10.6 Å². The van der Waals surface area contributed by atoms with Gasteiger partial charge in [0, 0.05) is 19.2 Å². The van der Waals surface area contributed by atoms with Gasteiger partial charge in [0.15, 0.2) is 0 Å². The second-order valence-electron chi connectivity index (χ2n) is 3.37. The van der Waals surface area contributed by atoms with Gasteiger partial charge in [-0.3, -0.25) is 0 Å². The summed E-state index contributed by atoms with van der Waals surface area (Å²) < 4.78 is 0. The number of nitrogens with one attached hydrogen (secondary N) is 2. The van der Waals surface area contributed by atoms with E-state index in [1.165, 1.54) is 6.42 Å². The molecule has 1 heterocycles. The molecule has 0 radical (unpaired) electrons. The molecule has 1 aromatic rings. The number of aromatic nitrogens is 2. The van der Waals surface area contributed by atoms with Crippen LogP contribution in [-0.4, -0.2) is 23.1 Å². The Morgan fingerprint density at radius 2 is 2.07 bits per heavy atom. The highest BCUT2D eigenvalue weighted by Gasteiger charge is 2.01. The van der Waals surface area contributed by atoms with E-state index in [4.69, 9.17) is 0 Å². The molecule has 4 nitrogen and oxygen atoms in total. The fraction of sp³-hybridized carbons (Fsp3) is 0.600. The van der Waals surface area contributed by atoms with Gasteiger partial charge in [-0.2, -0.15) is 0 Å². The van der Waals surface area contributed by atoms with E-state index in [0.717, 1.165) is 18.1 Å². The van der Waals surface area contributed by atoms with Crippen LogP contribution in [0.15, 0.2) is 12.4 Å². The third-order valence-corrected chi connectivity index (χ3v) is 2.04. The predicted molar refractivity (Wildman–Crippen MR) is 59.6 cm³/mol. The molecule has 0 aliphatic rings. The lowest BCUT2D eigenvalue weighted by Gasteiger charge is -2.13. The maximum Gasteiger partial charge on any atom is 0.131 e. The summed E-state index contributed by atoms with van der Waals surface area (Å²) in [5.41, 5.74) is 0. The van der Waals surface area contributed by atoms with Gasteiger partial charge in [-0.25, -0.2) is 9.97 Å². The zero-order chi connectivity index (χ0) is 10.4. The van der Waals surface area contributed by atoms with E-state index in [1.54, 1.807) is 6.33 Å². The van der Waals surface area contributed by atoms with Crippen LogP contribution >= 0.6 is 0 Å². The van der Waals surface area contributed by atoms with Crippen molar-refractivity contribution in [1.82, 2.24) is 9.97 Å². The molecule has 0 amide bonds. The first-order valence-electron chi connectivity index (χ1n) is 5.02. The number of anilines is 2. The molecular formula is C10H18N4. The highest BCUT2D eigenvalue weighted by Crippen LogP contribution is 2.10. The van der Waals surface area contributed by atoms with Crippen LogP contribution in [0.5, 0.6) is 0 Å². The lowest BCUT2D eigenvalue weighted by Crippen LogP contribution is -2.15. The van der Waals surface area contributed by atoms with Gasteiger partial charge in [0.1, 0.15) is 18.0 Å². The van der Waals surface area contributed by atoms with E-state index in [1.807, 2.05) is 13.1 Å². The molecule has 1 atom stereocenters. The van der Waals surface area contributed by atoms with E-state index in [0.29, 0.717) is 6.04 Å². The van der Waals surface area contributed by atoms with Gasteiger partial charge in [-0.1, -0.05) is 13.3 Å². The third kappa shape index (κ3) is 3.20. The van der Waals surface area contributed by atoms with Crippen LogP contribution in [0.2, 0.25) is 0 Å². The summed E-state index contributed by atoms with van der Waals surface area (Å²) in [6.45, 7) is 4.34. The summed E-state index contributed by atoms with van der Waals surface area (Å²) in [6.07, 6.45) is 3.89. The molecule has 1 aromatic heterocycles. The minimum absolute atomic E-state index is 0.458. The summed E-state index contributed by atoms with van der Waals surface area (Å²) in [6, 6.07) is 2.37. The molecule has 0 fully saturated rings. The second-order valence-corrected chi connectivity index (χ2v) is 3.37. The summed E-state index contributed by atoms with van der Waals surface area (Å²) in [7, 11) is 1.85. The molecule has 0 aromatic carbocycles. The van der Waals surface area contributed by atoms with Crippen molar-refractivity contribution >= 4 is 11.6 Å². The van der Waals surface area contributed by atoms with E-state index in [-0.39, 0.29) is 0 Å². The molecule has 78 valence electrons. The first kappa shape index (κ1) is 10.8. The molecule has 1 unspecified atom stereocenters. The minimum atomic E-state index is 0.458. The zero-order valence-electron chi connectivity index (χ0n) is 9.04. The summed E-state index contributed by atoms with van der Waals surface area (Å²) in [5.74, 6) is 1.72. The van der Waals surface area contributed by atoms with E-state index in [2.05, 4.69) is 34.4 Å². The van der Waals surface area contributed by atoms with Crippen molar-refractivity contribution < 1.29 is 0 Å². The standard InChI is InChI=1S/C10H18N4/c1-4-5-8(2)14-10-6-9(11-3)12-7-13-10/h6-8H,4-5H2,1-3H3,(H2,11,12,13,14). The Morgan fingerprint density at radius 1 is 1.36 bits per heavy atom. The average molecular weight is 194 g/mol. The first-order chi connectivity index (χ1) is 6.76. The van der Waals surface area contributed by atoms with Crippen molar-refractivity contribution in [3.05, 3.63) is 12.4 Å². The zero-order valence-corrected chi connectivity index (χ0v) is 9.04. The number of hydrogen-bond donors (Lipinski definition) is 2. The molecule has 2 N–H and O–H groups in total. The summed E-state index contributed by atoms with van der Waals surface area (Å²) in [4.78, 5) is 8.20. The SMILES string of the molecule is CCCC(C)Nc1cc(NC)ncn1. The van der Waals surface area contributed by atoms with E-state index < -0.39 is 0 Å². The first-order valence-corrected chi connectivity index (χ1v) is 5.02. The van der Waals surface area contributed by atoms with Crippen LogP contribution < -0.4 is 10.6 Å². The van der Waals surface area contributed by atoms with Crippen molar-refractivity contribution in [3.63, 3.8) is 0 Å². The van der Waals surface area contributed by atoms with Crippen LogP contribution in [0.3, 0.4) is 0 Å². The Hall–Kier alpha value is -1.32. The third-order valence-electron chi connectivity index (χ3n) is 2.04. The Morgan fingerprint density at radius 3 is 2.71 bits per heavy atom. The lowest BCUT2D eigenvalue weighted by atomic mass is 10.2. The molecule has 0 aliphatic carbocycles. The molecule has 0 saturated heterocycles. The maximum atomic E-state index is 4.15. The highest BCUT2D eigenvalue weighted by molar-refractivity contribution is 5.46. The molecular weight excluding hydrogens is 176 g/mol. The van der Waals surface area contributed by atoms with Crippen molar-refractivity contribution in [3.8, 4) is 0 Å². The van der Waals surface area contributed by atoms with Gasteiger partial charge in [-0.05, 0) is 13.3 Å². The molecule has 0 saturated carbocycles. The van der Waals surface area contributed by atoms with E-state index >= 15 is 0 Å².